The molecular formula is C44H96. The quantitative estimate of drug-likeness (QED) is 0.251. The Labute approximate surface area is 285 Å². The van der Waals surface area contributed by atoms with E-state index in [2.05, 4.69) is 48.5 Å². The molecule has 5 aliphatic rings. The zero-order chi connectivity index (χ0) is 34.7. The van der Waals surface area contributed by atoms with E-state index in [9.17, 15) is 0 Å². The molecule has 0 unspecified atom stereocenters. The summed E-state index contributed by atoms with van der Waals surface area (Å²) in [6.07, 6.45) is 34.1. The number of rotatable bonds is 0. The molecule has 0 N–H and O–H groups in total. The molecule has 0 atom stereocenters. The van der Waals surface area contributed by atoms with E-state index in [0.29, 0.717) is 5.41 Å². The Morgan fingerprint density at radius 1 is 0.273 bits per heavy atom. The molecule has 0 nitrogen and oxygen atoms in total. The lowest BCUT2D eigenvalue weighted by Crippen LogP contribution is -2.22. The second-order valence-corrected chi connectivity index (χ2v) is 15.0. The van der Waals surface area contributed by atoms with Crippen LogP contribution in [0.25, 0.3) is 0 Å². The van der Waals surface area contributed by atoms with Crippen LogP contribution in [0.2, 0.25) is 0 Å². The number of hydrogen-bond acceptors (Lipinski definition) is 0. The molecule has 0 aromatic heterocycles. The Hall–Kier alpha value is 0. The van der Waals surface area contributed by atoms with Crippen LogP contribution >= 0.6 is 0 Å². The van der Waals surface area contributed by atoms with Gasteiger partial charge in [-0.3, -0.25) is 0 Å². The lowest BCUT2D eigenvalue weighted by molar-refractivity contribution is 0.180. The van der Waals surface area contributed by atoms with Gasteiger partial charge in [0.1, 0.15) is 0 Å². The smallest absolute Gasteiger partial charge is 0.0354 e. The standard InChI is InChI=1S/C10H20.2C7H14.2C6H12.4C2H6/c1-10(2,3)9-7-5-4-6-8-9;2*1-7-5-3-2-4-6-7;2*1-6-4-2-3-5-6;4*1-2/h9H,4-8H2,1-3H3;2*7H,2-6H2,1H3;2*6H,2-5H2,1H3;4*1-2H3. The van der Waals surface area contributed by atoms with Crippen molar-refractivity contribution in [3.05, 3.63) is 0 Å². The van der Waals surface area contributed by atoms with Crippen LogP contribution in [0.4, 0.5) is 0 Å². The minimum absolute atomic E-state index is 0.570. The molecule has 0 bridgehead atoms. The van der Waals surface area contributed by atoms with Crippen molar-refractivity contribution in [2.75, 3.05) is 0 Å². The molecule has 0 heteroatoms. The Kier molecular flexibility index (Phi) is 45.3. The van der Waals surface area contributed by atoms with Gasteiger partial charge in [0.25, 0.3) is 0 Å². The molecule has 0 heterocycles. The molecule has 0 spiro atoms. The Bertz CT molecular complexity index is 411. The second kappa shape index (κ2) is 39.2. The van der Waals surface area contributed by atoms with E-state index >= 15 is 0 Å². The van der Waals surface area contributed by atoms with Gasteiger partial charge in [-0.15, -0.1) is 0 Å². The second-order valence-electron chi connectivity index (χ2n) is 15.0. The van der Waals surface area contributed by atoms with Crippen LogP contribution in [-0.2, 0) is 0 Å². The molecule has 44 heavy (non-hydrogen) atoms. The maximum absolute atomic E-state index is 2.38. The highest BCUT2D eigenvalue weighted by Crippen LogP contribution is 2.37. The first-order chi connectivity index (χ1) is 21.2. The van der Waals surface area contributed by atoms with Crippen molar-refractivity contribution < 1.29 is 0 Å². The van der Waals surface area contributed by atoms with E-state index in [1.54, 1.807) is 0 Å². The minimum Gasteiger partial charge on any atom is -0.0683 e. The normalized spacial score (nSPS) is 20.8. The van der Waals surface area contributed by atoms with Gasteiger partial charge in [0.15, 0.2) is 0 Å². The molecule has 5 saturated carbocycles. The third-order valence-electron chi connectivity index (χ3n) is 9.91. The highest BCUT2D eigenvalue weighted by Gasteiger charge is 2.25. The largest absolute Gasteiger partial charge is 0.0683 e. The monoisotopic (exact) mass is 625 g/mol. The molecule has 5 fully saturated rings. The summed E-state index contributed by atoms with van der Waals surface area (Å²) in [5.41, 5.74) is 0.570. The molecule has 5 aliphatic carbocycles. The van der Waals surface area contributed by atoms with Crippen LogP contribution in [0.1, 0.15) is 252 Å². The van der Waals surface area contributed by atoms with Crippen LogP contribution in [0, 0.1) is 35.0 Å². The fourth-order valence-electron chi connectivity index (χ4n) is 6.84. The molecule has 272 valence electrons. The van der Waals surface area contributed by atoms with Gasteiger partial charge in [-0.1, -0.05) is 239 Å². The van der Waals surface area contributed by atoms with Crippen molar-refractivity contribution in [1.29, 1.82) is 0 Å². The lowest BCUT2D eigenvalue weighted by atomic mass is 9.72. The van der Waals surface area contributed by atoms with E-state index in [0.717, 1.165) is 29.6 Å². The van der Waals surface area contributed by atoms with Crippen LogP contribution in [-0.4, -0.2) is 0 Å². The summed E-state index contributed by atoms with van der Waals surface area (Å²) in [4.78, 5) is 0. The zero-order valence-electron chi connectivity index (χ0n) is 34.7. The van der Waals surface area contributed by atoms with E-state index in [4.69, 9.17) is 0 Å². The molecule has 0 aromatic rings. The first-order valence-corrected chi connectivity index (χ1v) is 21.2. The SMILES string of the molecule is CC.CC.CC.CC.CC(C)(C)C1CCCCC1.CC1CCCC1.CC1CCCC1.CC1CCCCC1.CC1CCCCC1. The van der Waals surface area contributed by atoms with Crippen LogP contribution in [0.5, 0.6) is 0 Å². The van der Waals surface area contributed by atoms with Crippen molar-refractivity contribution in [3.63, 3.8) is 0 Å². The molecular weight excluding hydrogens is 528 g/mol. The molecule has 0 radical (unpaired) electrons. The van der Waals surface area contributed by atoms with Crippen LogP contribution < -0.4 is 0 Å². The summed E-state index contributed by atoms with van der Waals surface area (Å²) >= 11 is 0. The van der Waals surface area contributed by atoms with Crippen molar-refractivity contribution in [2.45, 2.75) is 252 Å². The van der Waals surface area contributed by atoms with Crippen LogP contribution in [0.3, 0.4) is 0 Å². The van der Waals surface area contributed by atoms with Crippen LogP contribution in [0.15, 0.2) is 0 Å². The molecule has 0 aliphatic heterocycles. The Morgan fingerprint density at radius 2 is 0.432 bits per heavy atom. The predicted octanol–water partition coefficient (Wildman–Crippen LogP) is 17.3. The third-order valence-corrected chi connectivity index (χ3v) is 9.91. The molecule has 5 rings (SSSR count). The van der Waals surface area contributed by atoms with Gasteiger partial charge in [-0.2, -0.15) is 0 Å². The predicted molar refractivity (Wildman–Crippen MR) is 211 cm³/mol. The first-order valence-electron chi connectivity index (χ1n) is 21.2. The molecule has 0 saturated heterocycles. The Morgan fingerprint density at radius 3 is 0.523 bits per heavy atom. The fraction of sp³-hybridized carbons (Fsp3) is 1.00. The van der Waals surface area contributed by atoms with Gasteiger partial charge in [-0.05, 0) is 47.8 Å². The summed E-state index contributed by atoms with van der Waals surface area (Å²) in [6, 6.07) is 0. The third kappa shape index (κ3) is 36.5. The highest BCUT2D eigenvalue weighted by atomic mass is 14.3. The average Bonchev–Trinajstić information content (AvgIpc) is 3.76. The van der Waals surface area contributed by atoms with Gasteiger partial charge in [-0.25, -0.2) is 0 Å². The van der Waals surface area contributed by atoms with E-state index in [1.165, 1.54) is 148 Å². The summed E-state index contributed by atoms with van der Waals surface area (Å²) in [5.74, 6) is 5.17. The highest BCUT2D eigenvalue weighted by molar-refractivity contribution is 4.76. The van der Waals surface area contributed by atoms with Gasteiger partial charge in [0, 0.05) is 0 Å². The zero-order valence-corrected chi connectivity index (χ0v) is 34.7. The maximum Gasteiger partial charge on any atom is -0.0354 e. The van der Waals surface area contributed by atoms with Crippen molar-refractivity contribution in [2.24, 2.45) is 35.0 Å². The fourth-order valence-corrected chi connectivity index (χ4v) is 6.84. The molecule has 0 amide bonds. The van der Waals surface area contributed by atoms with E-state index in [-0.39, 0.29) is 0 Å². The maximum atomic E-state index is 2.38. The summed E-state index contributed by atoms with van der Waals surface area (Å²) in [7, 11) is 0. The van der Waals surface area contributed by atoms with Crippen molar-refractivity contribution in [3.8, 4) is 0 Å². The summed E-state index contributed by atoms with van der Waals surface area (Å²) in [5, 5.41) is 0. The lowest BCUT2D eigenvalue weighted by Gasteiger charge is -2.33. The Balaban J connectivity index is -0.000000217. The first kappa shape index (κ1) is 50.8. The van der Waals surface area contributed by atoms with E-state index < -0.39 is 0 Å². The van der Waals surface area contributed by atoms with Gasteiger partial charge in [0.05, 0.1) is 0 Å². The van der Waals surface area contributed by atoms with Gasteiger partial charge >= 0.3 is 0 Å². The summed E-state index contributed by atoms with van der Waals surface area (Å²) in [6.45, 7) is 32.5. The topological polar surface area (TPSA) is 0 Å². The number of hydrogen-bond donors (Lipinski definition) is 0. The average molecular weight is 625 g/mol. The van der Waals surface area contributed by atoms with E-state index in [1.807, 2.05) is 55.4 Å². The minimum atomic E-state index is 0.570. The van der Waals surface area contributed by atoms with Crippen molar-refractivity contribution in [1.82, 2.24) is 0 Å². The van der Waals surface area contributed by atoms with Gasteiger partial charge in [0.2, 0.25) is 0 Å². The molecule has 0 aromatic carbocycles. The summed E-state index contributed by atoms with van der Waals surface area (Å²) < 4.78 is 0. The van der Waals surface area contributed by atoms with Gasteiger partial charge < -0.3 is 0 Å². The van der Waals surface area contributed by atoms with Crippen molar-refractivity contribution >= 4 is 0 Å².